The second kappa shape index (κ2) is 8.21. The highest BCUT2D eigenvalue weighted by Gasteiger charge is 2.11. The summed E-state index contributed by atoms with van der Waals surface area (Å²) >= 11 is 0. The Hall–Kier alpha value is -3.27. The van der Waals surface area contributed by atoms with Gasteiger partial charge < -0.3 is 14.2 Å². The number of hydrogen-bond acceptors (Lipinski definition) is 4. The van der Waals surface area contributed by atoms with Crippen molar-refractivity contribution < 1.29 is 19.0 Å². The van der Waals surface area contributed by atoms with Gasteiger partial charge in [-0.2, -0.15) is 0 Å². The minimum absolute atomic E-state index is 0.354. The quantitative estimate of drug-likeness (QED) is 0.267. The molecular formula is C22H20O4. The van der Waals surface area contributed by atoms with Crippen LogP contribution in [0, 0.1) is 0 Å². The van der Waals surface area contributed by atoms with Gasteiger partial charge in [0.15, 0.2) is 0 Å². The lowest BCUT2D eigenvalue weighted by molar-refractivity contribution is -0.129. The molecule has 0 aliphatic heterocycles. The second-order valence-electron chi connectivity index (χ2n) is 5.79. The van der Waals surface area contributed by atoms with Crippen LogP contribution in [0.3, 0.4) is 0 Å². The maximum Gasteiger partial charge on any atom is 0.338 e. The SMILES string of the molecule is C=C(C)C(=O)Oc1cccc2c(OCCOc3ccccc3)cccc12. The van der Waals surface area contributed by atoms with Gasteiger partial charge in [0, 0.05) is 16.3 Å². The molecule has 132 valence electrons. The Morgan fingerprint density at radius 1 is 0.808 bits per heavy atom. The van der Waals surface area contributed by atoms with Gasteiger partial charge in [0.05, 0.1) is 0 Å². The minimum atomic E-state index is -0.444. The molecule has 0 bridgehead atoms. The maximum absolute atomic E-state index is 11.8. The smallest absolute Gasteiger partial charge is 0.338 e. The van der Waals surface area contributed by atoms with Crippen LogP contribution in [0.1, 0.15) is 6.92 Å². The first-order valence-electron chi connectivity index (χ1n) is 8.35. The molecule has 0 spiro atoms. The fourth-order valence-electron chi connectivity index (χ4n) is 2.48. The van der Waals surface area contributed by atoms with Gasteiger partial charge in [0.25, 0.3) is 0 Å². The molecule has 0 aromatic heterocycles. The van der Waals surface area contributed by atoms with E-state index in [0.717, 1.165) is 16.5 Å². The summed E-state index contributed by atoms with van der Waals surface area (Å²) in [6.07, 6.45) is 0. The number of rotatable bonds is 7. The van der Waals surface area contributed by atoms with Crippen molar-refractivity contribution in [3.63, 3.8) is 0 Å². The van der Waals surface area contributed by atoms with Crippen LogP contribution in [0.2, 0.25) is 0 Å². The summed E-state index contributed by atoms with van der Waals surface area (Å²) in [4.78, 5) is 11.8. The molecule has 0 amide bonds. The number of benzene rings is 3. The Morgan fingerprint density at radius 2 is 1.42 bits per heavy atom. The topological polar surface area (TPSA) is 44.8 Å². The normalized spacial score (nSPS) is 10.3. The zero-order chi connectivity index (χ0) is 18.4. The molecule has 0 saturated carbocycles. The molecule has 0 N–H and O–H groups in total. The largest absolute Gasteiger partial charge is 0.490 e. The number of esters is 1. The Morgan fingerprint density at radius 3 is 2.12 bits per heavy atom. The highest BCUT2D eigenvalue weighted by Crippen LogP contribution is 2.32. The van der Waals surface area contributed by atoms with Gasteiger partial charge in [-0.25, -0.2) is 4.79 Å². The Bertz CT molecular complexity index is 916. The first-order chi connectivity index (χ1) is 12.6. The number of hydrogen-bond donors (Lipinski definition) is 0. The first kappa shape index (κ1) is 17.5. The monoisotopic (exact) mass is 348 g/mol. The van der Waals surface area contributed by atoms with Gasteiger partial charge in [0.1, 0.15) is 30.5 Å². The molecule has 0 atom stereocenters. The van der Waals surface area contributed by atoms with E-state index >= 15 is 0 Å². The predicted octanol–water partition coefficient (Wildman–Crippen LogP) is 4.78. The molecule has 0 unspecified atom stereocenters. The lowest BCUT2D eigenvalue weighted by Crippen LogP contribution is -2.10. The summed E-state index contributed by atoms with van der Waals surface area (Å²) < 4.78 is 16.9. The maximum atomic E-state index is 11.8. The predicted molar refractivity (Wildman–Crippen MR) is 102 cm³/mol. The highest BCUT2D eigenvalue weighted by molar-refractivity contribution is 5.96. The van der Waals surface area contributed by atoms with Gasteiger partial charge >= 0.3 is 5.97 Å². The van der Waals surface area contributed by atoms with E-state index < -0.39 is 5.97 Å². The van der Waals surface area contributed by atoms with Crippen molar-refractivity contribution in [1.82, 2.24) is 0 Å². The van der Waals surface area contributed by atoms with Crippen LogP contribution in [-0.4, -0.2) is 19.2 Å². The highest BCUT2D eigenvalue weighted by atomic mass is 16.5. The lowest BCUT2D eigenvalue weighted by Gasteiger charge is -2.12. The van der Waals surface area contributed by atoms with Crippen molar-refractivity contribution in [2.24, 2.45) is 0 Å². The summed E-state index contributed by atoms with van der Waals surface area (Å²) in [5.74, 6) is 1.57. The zero-order valence-corrected chi connectivity index (χ0v) is 14.6. The van der Waals surface area contributed by atoms with Crippen LogP contribution in [0.25, 0.3) is 10.8 Å². The molecule has 0 radical (unpaired) electrons. The van der Waals surface area contributed by atoms with Gasteiger partial charge in [-0.3, -0.25) is 0 Å². The van der Waals surface area contributed by atoms with Crippen molar-refractivity contribution in [3.8, 4) is 17.2 Å². The fraction of sp³-hybridized carbons (Fsp3) is 0.136. The summed E-state index contributed by atoms with van der Waals surface area (Å²) in [6.45, 7) is 6.07. The van der Waals surface area contributed by atoms with E-state index in [1.807, 2.05) is 60.7 Å². The van der Waals surface area contributed by atoms with Crippen LogP contribution in [0.4, 0.5) is 0 Å². The van der Waals surface area contributed by atoms with E-state index in [1.165, 1.54) is 0 Å². The van der Waals surface area contributed by atoms with Gasteiger partial charge in [-0.05, 0) is 31.2 Å². The van der Waals surface area contributed by atoms with Crippen molar-refractivity contribution in [3.05, 3.63) is 78.9 Å². The van der Waals surface area contributed by atoms with E-state index in [9.17, 15) is 4.79 Å². The molecule has 0 heterocycles. The average Bonchev–Trinajstić information content (AvgIpc) is 2.66. The zero-order valence-electron chi connectivity index (χ0n) is 14.6. The van der Waals surface area contributed by atoms with Gasteiger partial charge in [0.2, 0.25) is 0 Å². The third-order valence-corrected chi connectivity index (χ3v) is 3.75. The van der Waals surface area contributed by atoms with Crippen LogP contribution in [-0.2, 0) is 4.79 Å². The molecule has 4 heteroatoms. The molecule has 0 fully saturated rings. The lowest BCUT2D eigenvalue weighted by atomic mass is 10.1. The average molecular weight is 348 g/mol. The van der Waals surface area contributed by atoms with E-state index in [-0.39, 0.29) is 0 Å². The van der Waals surface area contributed by atoms with Crippen LogP contribution in [0.5, 0.6) is 17.2 Å². The third-order valence-electron chi connectivity index (χ3n) is 3.75. The van der Waals surface area contributed by atoms with Crippen molar-refractivity contribution in [2.45, 2.75) is 6.92 Å². The number of para-hydroxylation sites is 1. The minimum Gasteiger partial charge on any atom is -0.490 e. The van der Waals surface area contributed by atoms with Crippen molar-refractivity contribution >= 4 is 16.7 Å². The van der Waals surface area contributed by atoms with Crippen molar-refractivity contribution in [2.75, 3.05) is 13.2 Å². The first-order valence-corrected chi connectivity index (χ1v) is 8.35. The molecule has 3 rings (SSSR count). The molecule has 0 saturated heterocycles. The van der Waals surface area contributed by atoms with Crippen LogP contribution >= 0.6 is 0 Å². The Balaban J connectivity index is 1.71. The number of carbonyl (C=O) groups excluding carboxylic acids is 1. The fourth-order valence-corrected chi connectivity index (χ4v) is 2.48. The number of fused-ring (bicyclic) bond motifs is 1. The molecule has 26 heavy (non-hydrogen) atoms. The van der Waals surface area contributed by atoms with Crippen LogP contribution < -0.4 is 14.2 Å². The summed E-state index contributed by atoms with van der Waals surface area (Å²) in [5, 5.41) is 1.68. The molecular weight excluding hydrogens is 328 g/mol. The molecule has 3 aromatic carbocycles. The van der Waals surface area contributed by atoms with E-state index in [4.69, 9.17) is 14.2 Å². The summed E-state index contributed by atoms with van der Waals surface area (Å²) in [7, 11) is 0. The standard InChI is InChI=1S/C22H20O4/c1-16(2)22(23)26-21-13-7-10-18-19(21)11-6-12-20(18)25-15-14-24-17-8-4-3-5-9-17/h3-13H,1,14-15H2,2H3. The number of ether oxygens (including phenoxy) is 3. The Kier molecular flexibility index (Phi) is 5.54. The number of carbonyl (C=O) groups is 1. The molecule has 0 aliphatic carbocycles. The third kappa shape index (κ3) is 4.22. The summed E-state index contributed by atoms with van der Waals surface area (Å²) in [6, 6.07) is 20.8. The van der Waals surface area contributed by atoms with Crippen molar-refractivity contribution in [1.29, 1.82) is 0 Å². The van der Waals surface area contributed by atoms with Crippen LogP contribution in [0.15, 0.2) is 78.9 Å². The Labute approximate surface area is 152 Å². The van der Waals surface area contributed by atoms with Gasteiger partial charge in [-0.15, -0.1) is 0 Å². The second-order valence-corrected chi connectivity index (χ2v) is 5.79. The molecule has 3 aromatic rings. The summed E-state index contributed by atoms with van der Waals surface area (Å²) in [5.41, 5.74) is 0.354. The molecule has 0 aliphatic rings. The van der Waals surface area contributed by atoms with E-state index in [1.54, 1.807) is 13.0 Å². The molecule has 4 nitrogen and oxygen atoms in total. The van der Waals surface area contributed by atoms with E-state index in [0.29, 0.717) is 30.3 Å². The van der Waals surface area contributed by atoms with E-state index in [2.05, 4.69) is 6.58 Å². The van der Waals surface area contributed by atoms with Gasteiger partial charge in [-0.1, -0.05) is 49.0 Å².